The van der Waals surface area contributed by atoms with E-state index in [1.807, 2.05) is 30.3 Å². The molecule has 1 heterocycles. The van der Waals surface area contributed by atoms with E-state index >= 15 is 0 Å². The summed E-state index contributed by atoms with van der Waals surface area (Å²) >= 11 is 0. The fourth-order valence-electron chi connectivity index (χ4n) is 4.97. The summed E-state index contributed by atoms with van der Waals surface area (Å²) in [5, 5.41) is 14.1. The third-order valence-electron chi connectivity index (χ3n) is 7.04. The van der Waals surface area contributed by atoms with Crippen molar-refractivity contribution in [2.45, 2.75) is 68.3 Å². The van der Waals surface area contributed by atoms with Gasteiger partial charge < -0.3 is 25.6 Å². The van der Waals surface area contributed by atoms with Crippen molar-refractivity contribution < 1.29 is 27.8 Å². The summed E-state index contributed by atoms with van der Waals surface area (Å²) in [6, 6.07) is 14.7. The molecule has 10 heteroatoms. The van der Waals surface area contributed by atoms with E-state index in [2.05, 4.69) is 5.32 Å². The number of alkyl carbamates (subject to hydrolysis) is 1. The number of aliphatic hydroxyl groups is 1. The van der Waals surface area contributed by atoms with Gasteiger partial charge in [-0.15, -0.1) is 0 Å². The number of benzene rings is 2. The first-order chi connectivity index (χ1) is 17.8. The minimum absolute atomic E-state index is 0.122. The van der Waals surface area contributed by atoms with E-state index in [0.29, 0.717) is 31.7 Å². The van der Waals surface area contributed by atoms with Crippen LogP contribution in [0.1, 0.15) is 44.1 Å². The summed E-state index contributed by atoms with van der Waals surface area (Å²) in [7, 11) is -3.90. The van der Waals surface area contributed by atoms with Crippen LogP contribution >= 0.6 is 0 Å². The van der Waals surface area contributed by atoms with E-state index < -0.39 is 34.6 Å². The number of rotatable bonds is 11. The van der Waals surface area contributed by atoms with Gasteiger partial charge in [-0.2, -0.15) is 4.31 Å². The van der Waals surface area contributed by atoms with Gasteiger partial charge in [-0.1, -0.05) is 43.2 Å². The Kier molecular flexibility index (Phi) is 9.42. The van der Waals surface area contributed by atoms with Gasteiger partial charge in [0, 0.05) is 25.2 Å². The van der Waals surface area contributed by atoms with Gasteiger partial charge in [-0.3, -0.25) is 0 Å². The molecule has 0 unspecified atom stereocenters. The fraction of sp³-hybridized carbons (Fsp3) is 0.519. The number of ether oxygens (including phenoxy) is 2. The Hall–Kier alpha value is -2.66. The van der Waals surface area contributed by atoms with Crippen LogP contribution in [-0.4, -0.2) is 62.1 Å². The van der Waals surface area contributed by atoms with Crippen LogP contribution in [0.4, 0.5) is 10.5 Å². The molecule has 1 saturated heterocycles. The highest BCUT2D eigenvalue weighted by Gasteiger charge is 2.33. The van der Waals surface area contributed by atoms with Gasteiger partial charge in [0.1, 0.15) is 0 Å². The van der Waals surface area contributed by atoms with Gasteiger partial charge in [-0.25, -0.2) is 13.2 Å². The van der Waals surface area contributed by atoms with E-state index in [-0.39, 0.29) is 17.4 Å². The number of hydrogen-bond donors (Lipinski definition) is 3. The summed E-state index contributed by atoms with van der Waals surface area (Å²) < 4.78 is 39.4. The number of hydrogen-bond acceptors (Lipinski definition) is 7. The van der Waals surface area contributed by atoms with Crippen LogP contribution in [0.25, 0.3) is 0 Å². The zero-order valence-corrected chi connectivity index (χ0v) is 21.8. The molecule has 1 aliphatic carbocycles. The van der Waals surface area contributed by atoms with Gasteiger partial charge in [0.25, 0.3) is 0 Å². The summed E-state index contributed by atoms with van der Waals surface area (Å²) in [4.78, 5) is 12.8. The summed E-state index contributed by atoms with van der Waals surface area (Å²) in [5.41, 5.74) is 7.13. The Bertz CT molecular complexity index is 1100. The second-order valence-electron chi connectivity index (χ2n) is 9.90. The molecule has 0 bridgehead atoms. The van der Waals surface area contributed by atoms with E-state index in [0.717, 1.165) is 37.7 Å². The molecule has 2 aromatic rings. The molecule has 4 rings (SSSR count). The minimum atomic E-state index is -3.90. The first-order valence-electron chi connectivity index (χ1n) is 13.0. The molecule has 0 radical (unpaired) electrons. The maximum absolute atomic E-state index is 13.6. The van der Waals surface area contributed by atoms with Crippen molar-refractivity contribution in [2.75, 3.05) is 25.4 Å². The minimum Gasteiger partial charge on any atom is -0.420 e. The fourth-order valence-corrected chi connectivity index (χ4v) is 6.51. The zero-order chi connectivity index (χ0) is 26.3. The number of aliphatic hydroxyl groups excluding tert-OH is 1. The molecule has 1 saturated carbocycles. The van der Waals surface area contributed by atoms with Crippen LogP contribution in [0.2, 0.25) is 0 Å². The van der Waals surface area contributed by atoms with Crippen LogP contribution in [0.5, 0.6) is 0 Å². The lowest BCUT2D eigenvalue weighted by Crippen LogP contribution is -2.51. The van der Waals surface area contributed by atoms with Gasteiger partial charge in [-0.05, 0) is 61.4 Å². The number of carbonyl (C=O) groups excluding carboxylic acids is 1. The first-order valence-corrected chi connectivity index (χ1v) is 14.4. The predicted octanol–water partition coefficient (Wildman–Crippen LogP) is 3.28. The highest BCUT2D eigenvalue weighted by molar-refractivity contribution is 7.89. The number of nitrogens with one attached hydrogen (secondary N) is 1. The topological polar surface area (TPSA) is 131 Å². The number of carbonyl (C=O) groups is 1. The zero-order valence-electron chi connectivity index (χ0n) is 21.0. The Morgan fingerprint density at radius 2 is 1.78 bits per heavy atom. The normalized spacial score (nSPS) is 20.1. The molecular formula is C27H37N3O6S. The van der Waals surface area contributed by atoms with Gasteiger partial charge in [0.15, 0.2) is 0 Å². The molecule has 2 fully saturated rings. The SMILES string of the molecule is Nc1ccc(S(=O)(=O)N(CC2CCCC2)C[C@H](O)[C@H](Cc2ccccc2)NC(=O)O[C@H]2CCCO2)cc1. The average Bonchev–Trinajstić information content (AvgIpc) is 3.58. The van der Waals surface area contributed by atoms with Crippen molar-refractivity contribution in [3.8, 4) is 0 Å². The number of nitrogens with two attached hydrogens (primary N) is 1. The smallest absolute Gasteiger partial charge is 0.409 e. The Morgan fingerprint density at radius 1 is 1.08 bits per heavy atom. The van der Waals surface area contributed by atoms with Gasteiger partial charge in [0.2, 0.25) is 16.3 Å². The molecule has 9 nitrogen and oxygen atoms in total. The molecule has 1 amide bonds. The predicted molar refractivity (Wildman–Crippen MR) is 140 cm³/mol. The molecule has 37 heavy (non-hydrogen) atoms. The third kappa shape index (κ3) is 7.67. The van der Waals surface area contributed by atoms with Crippen LogP contribution in [0.3, 0.4) is 0 Å². The lowest BCUT2D eigenvalue weighted by molar-refractivity contribution is -0.0698. The summed E-state index contributed by atoms with van der Waals surface area (Å²) in [6.45, 7) is 0.677. The number of nitrogens with zero attached hydrogens (tertiary/aromatic N) is 1. The monoisotopic (exact) mass is 531 g/mol. The number of nitrogen functional groups attached to an aromatic ring is 1. The number of anilines is 1. The summed E-state index contributed by atoms with van der Waals surface area (Å²) in [6.07, 6.45) is 3.28. The first kappa shape index (κ1) is 27.4. The van der Waals surface area contributed by atoms with E-state index in [4.69, 9.17) is 15.2 Å². The molecule has 0 aromatic heterocycles. The lowest BCUT2D eigenvalue weighted by Gasteiger charge is -2.31. The molecular weight excluding hydrogens is 494 g/mol. The van der Waals surface area contributed by atoms with Crippen LogP contribution in [-0.2, 0) is 25.9 Å². The molecule has 2 aromatic carbocycles. The van der Waals surface area contributed by atoms with Crippen molar-refractivity contribution >= 4 is 21.8 Å². The largest absolute Gasteiger partial charge is 0.420 e. The second-order valence-corrected chi connectivity index (χ2v) is 11.8. The van der Waals surface area contributed by atoms with Crippen molar-refractivity contribution in [1.82, 2.24) is 9.62 Å². The highest BCUT2D eigenvalue weighted by atomic mass is 32.2. The number of sulfonamides is 1. The Labute approximate surface area is 219 Å². The Morgan fingerprint density at radius 3 is 2.43 bits per heavy atom. The highest BCUT2D eigenvalue weighted by Crippen LogP contribution is 2.28. The van der Waals surface area contributed by atoms with E-state index in [1.165, 1.54) is 16.4 Å². The van der Waals surface area contributed by atoms with E-state index in [9.17, 15) is 18.3 Å². The summed E-state index contributed by atoms with van der Waals surface area (Å²) in [5.74, 6) is 0.223. The molecule has 2 aliphatic rings. The molecule has 1 aliphatic heterocycles. The van der Waals surface area contributed by atoms with Crippen molar-refractivity contribution in [1.29, 1.82) is 0 Å². The Balaban J connectivity index is 1.53. The average molecular weight is 532 g/mol. The van der Waals surface area contributed by atoms with Crippen molar-refractivity contribution in [3.05, 3.63) is 60.2 Å². The van der Waals surface area contributed by atoms with Crippen LogP contribution < -0.4 is 11.1 Å². The van der Waals surface area contributed by atoms with Crippen molar-refractivity contribution in [2.24, 2.45) is 5.92 Å². The quantitative estimate of drug-likeness (QED) is 0.379. The number of amides is 1. The third-order valence-corrected chi connectivity index (χ3v) is 8.88. The molecule has 202 valence electrons. The van der Waals surface area contributed by atoms with Gasteiger partial charge >= 0.3 is 6.09 Å². The molecule has 0 spiro atoms. The van der Waals surface area contributed by atoms with E-state index in [1.54, 1.807) is 12.1 Å². The molecule has 4 N–H and O–H groups in total. The maximum Gasteiger partial charge on any atom is 0.409 e. The second kappa shape index (κ2) is 12.7. The lowest BCUT2D eigenvalue weighted by atomic mass is 10.0. The van der Waals surface area contributed by atoms with Gasteiger partial charge in [0.05, 0.1) is 23.6 Å². The van der Waals surface area contributed by atoms with Crippen LogP contribution in [0, 0.1) is 5.92 Å². The standard InChI is InChI=1S/C27H37N3O6S/c28-22-12-14-23(15-13-22)37(33,34)30(18-21-9-4-5-10-21)19-25(31)24(17-20-7-2-1-3-8-20)29-27(32)36-26-11-6-16-35-26/h1-3,7-8,12-15,21,24-26,31H,4-6,9-11,16-19,28H2,(H,29,32)/t24-,25-,26-/m0/s1. The van der Waals surface area contributed by atoms with Crippen LogP contribution in [0.15, 0.2) is 59.5 Å². The maximum atomic E-state index is 13.6. The molecule has 3 atom stereocenters. The van der Waals surface area contributed by atoms with Crippen molar-refractivity contribution in [3.63, 3.8) is 0 Å².